The number of nitrogens with one attached hydrogen (secondary N) is 2. The maximum atomic E-state index is 11.4. The first-order valence-electron chi connectivity index (χ1n) is 5.21. The van der Waals surface area contributed by atoms with Crippen molar-refractivity contribution in [2.75, 3.05) is 33.9 Å². The van der Waals surface area contributed by atoms with E-state index in [9.17, 15) is 9.90 Å². The molecular weight excluding hydrogens is 196 g/mol. The lowest BCUT2D eigenvalue weighted by Gasteiger charge is -2.13. The molecule has 0 heterocycles. The summed E-state index contributed by atoms with van der Waals surface area (Å²) in [6.45, 7) is 3.31. The van der Waals surface area contributed by atoms with Gasteiger partial charge in [-0.25, -0.2) is 0 Å². The van der Waals surface area contributed by atoms with Gasteiger partial charge in [-0.05, 0) is 13.5 Å². The average molecular weight is 218 g/mol. The average Bonchev–Trinajstić information content (AvgIpc) is 2.18. The van der Waals surface area contributed by atoms with Gasteiger partial charge in [0.05, 0.1) is 12.7 Å². The minimum absolute atomic E-state index is 0.00830. The number of ether oxygens (including phenoxy) is 1. The zero-order chi connectivity index (χ0) is 11.7. The Morgan fingerprint density at radius 2 is 2.20 bits per heavy atom. The van der Waals surface area contributed by atoms with Crippen molar-refractivity contribution in [3.05, 3.63) is 0 Å². The zero-order valence-electron chi connectivity index (χ0n) is 9.75. The number of rotatable bonds is 8. The Balaban J connectivity index is 3.54. The lowest BCUT2D eigenvalue weighted by molar-refractivity contribution is -0.124. The minimum Gasteiger partial charge on any atom is -0.391 e. The largest absolute Gasteiger partial charge is 0.391 e. The standard InChI is InChI=1S/C10H22N2O3/c1-8(6-11-2)10(14)12-5-4-9(13)7-15-3/h8-9,11,13H,4-7H2,1-3H3,(H,12,14). The van der Waals surface area contributed by atoms with Gasteiger partial charge < -0.3 is 20.5 Å². The first-order chi connectivity index (χ1) is 7.11. The van der Waals surface area contributed by atoms with E-state index in [1.165, 1.54) is 7.11 Å². The number of carbonyl (C=O) groups excluding carboxylic acids is 1. The van der Waals surface area contributed by atoms with Crippen LogP contribution in [0.3, 0.4) is 0 Å². The number of hydrogen-bond acceptors (Lipinski definition) is 4. The predicted molar refractivity (Wildman–Crippen MR) is 58.6 cm³/mol. The Morgan fingerprint density at radius 1 is 1.53 bits per heavy atom. The molecule has 0 saturated heterocycles. The van der Waals surface area contributed by atoms with E-state index in [2.05, 4.69) is 10.6 Å². The highest BCUT2D eigenvalue weighted by Gasteiger charge is 2.11. The fourth-order valence-electron chi connectivity index (χ4n) is 1.21. The molecule has 0 aromatic rings. The Morgan fingerprint density at radius 3 is 2.73 bits per heavy atom. The SMILES string of the molecule is CNCC(C)C(=O)NCCC(O)COC. The first kappa shape index (κ1) is 14.3. The Hall–Kier alpha value is -0.650. The third-order valence-electron chi connectivity index (χ3n) is 2.09. The van der Waals surface area contributed by atoms with E-state index in [0.29, 0.717) is 26.1 Å². The Bertz CT molecular complexity index is 176. The molecule has 3 N–H and O–H groups in total. The fraction of sp³-hybridized carbons (Fsp3) is 0.900. The lowest BCUT2D eigenvalue weighted by Crippen LogP contribution is -2.36. The van der Waals surface area contributed by atoms with Gasteiger partial charge in [-0.2, -0.15) is 0 Å². The van der Waals surface area contributed by atoms with Crippen LogP contribution in [0.1, 0.15) is 13.3 Å². The van der Waals surface area contributed by atoms with Gasteiger partial charge in [0.15, 0.2) is 0 Å². The van der Waals surface area contributed by atoms with E-state index in [-0.39, 0.29) is 11.8 Å². The van der Waals surface area contributed by atoms with E-state index < -0.39 is 6.10 Å². The second kappa shape index (κ2) is 8.64. The zero-order valence-corrected chi connectivity index (χ0v) is 9.75. The molecule has 0 bridgehead atoms. The van der Waals surface area contributed by atoms with E-state index in [0.717, 1.165) is 0 Å². The van der Waals surface area contributed by atoms with Crippen LogP contribution < -0.4 is 10.6 Å². The highest BCUT2D eigenvalue weighted by molar-refractivity contribution is 5.78. The molecule has 0 rings (SSSR count). The smallest absolute Gasteiger partial charge is 0.224 e. The molecule has 1 amide bonds. The molecule has 2 atom stereocenters. The van der Waals surface area contributed by atoms with E-state index in [4.69, 9.17) is 4.74 Å². The highest BCUT2D eigenvalue weighted by atomic mass is 16.5. The molecule has 0 radical (unpaired) electrons. The molecule has 0 aromatic carbocycles. The van der Waals surface area contributed by atoms with Crippen molar-refractivity contribution in [1.29, 1.82) is 0 Å². The minimum atomic E-state index is -0.505. The predicted octanol–water partition coefficient (Wildman–Crippen LogP) is -0.644. The number of methoxy groups -OCH3 is 1. The van der Waals surface area contributed by atoms with Crippen molar-refractivity contribution in [2.45, 2.75) is 19.4 Å². The van der Waals surface area contributed by atoms with Crippen molar-refractivity contribution < 1.29 is 14.6 Å². The highest BCUT2D eigenvalue weighted by Crippen LogP contribution is 1.94. The quantitative estimate of drug-likeness (QED) is 0.506. The monoisotopic (exact) mass is 218 g/mol. The number of carbonyl (C=O) groups is 1. The molecule has 0 fully saturated rings. The summed E-state index contributed by atoms with van der Waals surface area (Å²) in [7, 11) is 3.35. The summed E-state index contributed by atoms with van der Waals surface area (Å²) >= 11 is 0. The van der Waals surface area contributed by atoms with E-state index >= 15 is 0 Å². The summed E-state index contributed by atoms with van der Waals surface area (Å²) in [4.78, 5) is 11.4. The van der Waals surface area contributed by atoms with Crippen LogP contribution in [0.15, 0.2) is 0 Å². The molecule has 0 aliphatic carbocycles. The summed E-state index contributed by atoms with van der Waals surface area (Å²) in [5.74, 6) is -0.0384. The molecule has 90 valence electrons. The van der Waals surface area contributed by atoms with Gasteiger partial charge in [-0.1, -0.05) is 6.92 Å². The van der Waals surface area contributed by atoms with E-state index in [1.54, 1.807) is 0 Å². The molecule has 0 aliphatic rings. The van der Waals surface area contributed by atoms with Crippen LogP contribution in [0.4, 0.5) is 0 Å². The van der Waals surface area contributed by atoms with Crippen molar-refractivity contribution in [1.82, 2.24) is 10.6 Å². The second-order valence-corrected chi connectivity index (χ2v) is 3.65. The van der Waals surface area contributed by atoms with E-state index in [1.807, 2.05) is 14.0 Å². The van der Waals surface area contributed by atoms with Crippen LogP contribution >= 0.6 is 0 Å². The number of aliphatic hydroxyl groups excluding tert-OH is 1. The molecule has 0 aromatic heterocycles. The van der Waals surface area contributed by atoms with Crippen molar-refractivity contribution in [3.63, 3.8) is 0 Å². The number of aliphatic hydroxyl groups is 1. The molecular formula is C10H22N2O3. The van der Waals surface area contributed by atoms with Gasteiger partial charge in [0.2, 0.25) is 5.91 Å². The lowest BCUT2D eigenvalue weighted by atomic mass is 10.1. The molecule has 15 heavy (non-hydrogen) atoms. The van der Waals surface area contributed by atoms with Crippen LogP contribution in [0, 0.1) is 5.92 Å². The molecule has 5 nitrogen and oxygen atoms in total. The topological polar surface area (TPSA) is 70.6 Å². The van der Waals surface area contributed by atoms with Gasteiger partial charge in [-0.15, -0.1) is 0 Å². The van der Waals surface area contributed by atoms with Crippen LogP contribution in [-0.2, 0) is 9.53 Å². The van der Waals surface area contributed by atoms with Crippen LogP contribution in [0.25, 0.3) is 0 Å². The third kappa shape index (κ3) is 7.30. The summed E-state index contributed by atoms with van der Waals surface area (Å²) in [5.41, 5.74) is 0. The maximum absolute atomic E-state index is 11.4. The van der Waals surface area contributed by atoms with Gasteiger partial charge in [0, 0.05) is 26.1 Å². The van der Waals surface area contributed by atoms with Crippen molar-refractivity contribution in [3.8, 4) is 0 Å². The Labute approximate surface area is 91.2 Å². The molecule has 0 spiro atoms. The summed E-state index contributed by atoms with van der Waals surface area (Å²) in [6.07, 6.45) is 0.0150. The van der Waals surface area contributed by atoms with Gasteiger partial charge >= 0.3 is 0 Å². The fourth-order valence-corrected chi connectivity index (χ4v) is 1.21. The summed E-state index contributed by atoms with van der Waals surface area (Å²) < 4.78 is 4.77. The molecule has 5 heteroatoms. The maximum Gasteiger partial charge on any atom is 0.224 e. The van der Waals surface area contributed by atoms with Gasteiger partial charge in [0.1, 0.15) is 0 Å². The number of amides is 1. The van der Waals surface area contributed by atoms with Crippen LogP contribution in [0.5, 0.6) is 0 Å². The van der Waals surface area contributed by atoms with Gasteiger partial charge in [-0.3, -0.25) is 4.79 Å². The number of hydrogen-bond donors (Lipinski definition) is 3. The van der Waals surface area contributed by atoms with Crippen LogP contribution in [-0.4, -0.2) is 51.0 Å². The van der Waals surface area contributed by atoms with Crippen molar-refractivity contribution >= 4 is 5.91 Å². The Kier molecular flexibility index (Phi) is 8.27. The molecule has 0 aliphatic heterocycles. The molecule has 2 unspecified atom stereocenters. The van der Waals surface area contributed by atoms with Crippen LogP contribution in [0.2, 0.25) is 0 Å². The second-order valence-electron chi connectivity index (χ2n) is 3.65. The molecule has 0 saturated carbocycles. The summed E-state index contributed by atoms with van der Waals surface area (Å²) in [5, 5.41) is 15.0. The first-order valence-corrected chi connectivity index (χ1v) is 5.21. The normalized spacial score (nSPS) is 14.7. The summed E-state index contributed by atoms with van der Waals surface area (Å²) in [6, 6.07) is 0. The van der Waals surface area contributed by atoms with Gasteiger partial charge in [0.25, 0.3) is 0 Å². The van der Waals surface area contributed by atoms with Crippen molar-refractivity contribution in [2.24, 2.45) is 5.92 Å². The third-order valence-corrected chi connectivity index (χ3v) is 2.09.